The highest BCUT2D eigenvalue weighted by Crippen LogP contribution is 2.23. The zero-order valence-corrected chi connectivity index (χ0v) is 16.3. The average molecular weight is 380 g/mol. The fourth-order valence-corrected chi connectivity index (χ4v) is 5.22. The smallest absolute Gasteiger partial charge is 0.243 e. The summed E-state index contributed by atoms with van der Waals surface area (Å²) in [6.45, 7) is 3.27. The molecule has 0 saturated carbocycles. The van der Waals surface area contributed by atoms with Gasteiger partial charge in [0.15, 0.2) is 0 Å². The Hall–Kier alpha value is -1.44. The number of carbonyl (C=O) groups excluding carboxylic acids is 1. The highest BCUT2D eigenvalue weighted by molar-refractivity contribution is 7.89. The average Bonchev–Trinajstić information content (AvgIpc) is 2.65. The highest BCUT2D eigenvalue weighted by Gasteiger charge is 2.26. The SMILES string of the molecule is CN1CCC(CC(=O)Nc2ccc(S(=O)(=O)N3CCCCC3)cc2)CC1. The van der Waals surface area contributed by atoms with Crippen molar-refractivity contribution < 1.29 is 13.2 Å². The molecule has 0 aliphatic carbocycles. The van der Waals surface area contributed by atoms with Crippen molar-refractivity contribution in [3.63, 3.8) is 0 Å². The number of nitrogens with zero attached hydrogens (tertiary/aromatic N) is 2. The Morgan fingerprint density at radius 3 is 2.27 bits per heavy atom. The van der Waals surface area contributed by atoms with Gasteiger partial charge in [0.2, 0.25) is 15.9 Å². The van der Waals surface area contributed by atoms with Crippen LogP contribution in [0.1, 0.15) is 38.5 Å². The van der Waals surface area contributed by atoms with Gasteiger partial charge in [0.25, 0.3) is 0 Å². The Labute approximate surface area is 156 Å². The van der Waals surface area contributed by atoms with E-state index in [1.807, 2.05) is 0 Å². The van der Waals surface area contributed by atoms with Crippen LogP contribution < -0.4 is 5.32 Å². The largest absolute Gasteiger partial charge is 0.326 e. The maximum absolute atomic E-state index is 12.6. The second-order valence-corrected chi connectivity index (χ2v) is 9.43. The summed E-state index contributed by atoms with van der Waals surface area (Å²) in [4.78, 5) is 14.8. The number of rotatable bonds is 5. The summed E-state index contributed by atoms with van der Waals surface area (Å²) in [5.41, 5.74) is 0.653. The van der Waals surface area contributed by atoms with E-state index in [1.54, 1.807) is 28.6 Å². The molecule has 2 saturated heterocycles. The summed E-state index contributed by atoms with van der Waals surface area (Å²) >= 11 is 0. The topological polar surface area (TPSA) is 69.7 Å². The van der Waals surface area contributed by atoms with Gasteiger partial charge in [-0.25, -0.2) is 8.42 Å². The molecule has 3 rings (SSSR count). The van der Waals surface area contributed by atoms with E-state index in [0.717, 1.165) is 45.2 Å². The minimum atomic E-state index is -3.42. The molecule has 0 aromatic heterocycles. The first-order valence-corrected chi connectivity index (χ1v) is 11.0. The minimum absolute atomic E-state index is 0.00573. The molecule has 26 heavy (non-hydrogen) atoms. The van der Waals surface area contributed by atoms with Gasteiger partial charge in [-0.3, -0.25) is 4.79 Å². The van der Waals surface area contributed by atoms with E-state index in [-0.39, 0.29) is 5.91 Å². The van der Waals surface area contributed by atoms with Crippen LogP contribution in [0.3, 0.4) is 0 Å². The van der Waals surface area contributed by atoms with E-state index >= 15 is 0 Å². The molecule has 1 N–H and O–H groups in total. The second-order valence-electron chi connectivity index (χ2n) is 7.49. The summed E-state index contributed by atoms with van der Waals surface area (Å²) < 4.78 is 26.8. The van der Waals surface area contributed by atoms with Gasteiger partial charge in [-0.15, -0.1) is 0 Å². The van der Waals surface area contributed by atoms with E-state index in [0.29, 0.717) is 36.0 Å². The van der Waals surface area contributed by atoms with Crippen LogP contribution in [-0.2, 0) is 14.8 Å². The predicted octanol–water partition coefficient (Wildman–Crippen LogP) is 2.53. The molecule has 7 heteroatoms. The summed E-state index contributed by atoms with van der Waals surface area (Å²) in [6.07, 6.45) is 5.57. The summed E-state index contributed by atoms with van der Waals surface area (Å²) in [7, 11) is -1.31. The fraction of sp³-hybridized carbons (Fsp3) is 0.632. The lowest BCUT2D eigenvalue weighted by Gasteiger charge is -2.28. The molecule has 0 radical (unpaired) electrons. The molecular weight excluding hydrogens is 350 g/mol. The van der Waals surface area contributed by atoms with Crippen LogP contribution in [0, 0.1) is 5.92 Å². The molecule has 1 amide bonds. The van der Waals surface area contributed by atoms with Gasteiger partial charge in [-0.05, 0) is 76.0 Å². The van der Waals surface area contributed by atoms with Crippen LogP contribution >= 0.6 is 0 Å². The third kappa shape index (κ3) is 4.84. The number of hydrogen-bond donors (Lipinski definition) is 1. The van der Waals surface area contributed by atoms with E-state index in [1.165, 1.54) is 0 Å². The zero-order chi connectivity index (χ0) is 18.6. The molecule has 6 nitrogen and oxygen atoms in total. The van der Waals surface area contributed by atoms with Gasteiger partial charge in [0.1, 0.15) is 0 Å². The number of sulfonamides is 1. The van der Waals surface area contributed by atoms with Crippen molar-refractivity contribution in [2.24, 2.45) is 5.92 Å². The molecule has 0 spiro atoms. The highest BCUT2D eigenvalue weighted by atomic mass is 32.2. The Bertz CT molecular complexity index is 704. The number of likely N-dealkylation sites (tertiary alicyclic amines) is 1. The third-order valence-electron chi connectivity index (χ3n) is 5.40. The van der Waals surface area contributed by atoms with Gasteiger partial charge in [0, 0.05) is 25.2 Å². The van der Waals surface area contributed by atoms with Crippen molar-refractivity contribution in [2.45, 2.75) is 43.4 Å². The van der Waals surface area contributed by atoms with Crippen molar-refractivity contribution in [1.82, 2.24) is 9.21 Å². The maximum atomic E-state index is 12.6. The first-order chi connectivity index (χ1) is 12.4. The van der Waals surface area contributed by atoms with E-state index in [9.17, 15) is 13.2 Å². The molecule has 0 unspecified atom stereocenters. The van der Waals surface area contributed by atoms with Crippen molar-refractivity contribution in [3.05, 3.63) is 24.3 Å². The number of nitrogens with one attached hydrogen (secondary N) is 1. The second kappa shape index (κ2) is 8.50. The van der Waals surface area contributed by atoms with Crippen molar-refractivity contribution in [2.75, 3.05) is 38.5 Å². The first-order valence-electron chi connectivity index (χ1n) is 9.54. The molecule has 2 heterocycles. The number of amides is 1. The van der Waals surface area contributed by atoms with Crippen LogP contribution in [0.25, 0.3) is 0 Å². The molecule has 0 atom stereocenters. The molecule has 2 fully saturated rings. The van der Waals surface area contributed by atoms with Crippen molar-refractivity contribution >= 4 is 21.6 Å². The number of piperidine rings is 2. The monoisotopic (exact) mass is 379 g/mol. The Balaban J connectivity index is 1.56. The quantitative estimate of drug-likeness (QED) is 0.853. The molecule has 2 aliphatic rings. The number of carbonyl (C=O) groups is 1. The number of hydrogen-bond acceptors (Lipinski definition) is 4. The van der Waals surface area contributed by atoms with Crippen LogP contribution in [0.5, 0.6) is 0 Å². The number of anilines is 1. The Kier molecular flexibility index (Phi) is 6.32. The predicted molar refractivity (Wildman–Crippen MR) is 103 cm³/mol. The van der Waals surface area contributed by atoms with Crippen LogP contribution in [0.15, 0.2) is 29.2 Å². The van der Waals surface area contributed by atoms with E-state index in [4.69, 9.17) is 0 Å². The summed E-state index contributed by atoms with van der Waals surface area (Å²) in [5, 5.41) is 2.90. The standard InChI is InChI=1S/C19H29N3O3S/c1-21-13-9-16(10-14-21)15-19(23)20-17-5-7-18(8-6-17)26(24,25)22-11-3-2-4-12-22/h5-8,16H,2-4,9-15H2,1H3,(H,20,23). The molecule has 2 aliphatic heterocycles. The fourth-order valence-electron chi connectivity index (χ4n) is 3.70. The van der Waals surface area contributed by atoms with Gasteiger partial charge in [0.05, 0.1) is 4.90 Å². The lowest BCUT2D eigenvalue weighted by atomic mass is 9.93. The first kappa shape index (κ1) is 19.3. The zero-order valence-electron chi connectivity index (χ0n) is 15.5. The van der Waals surface area contributed by atoms with Crippen LogP contribution in [0.2, 0.25) is 0 Å². The molecular formula is C19H29N3O3S. The Morgan fingerprint density at radius 2 is 1.65 bits per heavy atom. The van der Waals surface area contributed by atoms with Crippen LogP contribution in [-0.4, -0.2) is 56.8 Å². The number of benzene rings is 1. The Morgan fingerprint density at radius 1 is 1.04 bits per heavy atom. The normalized spacial score (nSPS) is 20.8. The maximum Gasteiger partial charge on any atom is 0.243 e. The minimum Gasteiger partial charge on any atom is -0.326 e. The lowest BCUT2D eigenvalue weighted by Crippen LogP contribution is -2.35. The van der Waals surface area contributed by atoms with Gasteiger partial charge < -0.3 is 10.2 Å². The van der Waals surface area contributed by atoms with Crippen molar-refractivity contribution in [3.8, 4) is 0 Å². The van der Waals surface area contributed by atoms with Gasteiger partial charge in [-0.1, -0.05) is 6.42 Å². The summed E-state index contributed by atoms with van der Waals surface area (Å²) in [5.74, 6) is 0.441. The summed E-state index contributed by atoms with van der Waals surface area (Å²) in [6, 6.07) is 6.55. The molecule has 144 valence electrons. The molecule has 1 aromatic rings. The van der Waals surface area contributed by atoms with Gasteiger partial charge in [-0.2, -0.15) is 4.31 Å². The third-order valence-corrected chi connectivity index (χ3v) is 7.32. The van der Waals surface area contributed by atoms with Crippen LogP contribution in [0.4, 0.5) is 5.69 Å². The van der Waals surface area contributed by atoms with E-state index in [2.05, 4.69) is 17.3 Å². The van der Waals surface area contributed by atoms with E-state index < -0.39 is 10.0 Å². The lowest BCUT2D eigenvalue weighted by molar-refractivity contribution is -0.117. The van der Waals surface area contributed by atoms with Gasteiger partial charge >= 0.3 is 0 Å². The molecule has 0 bridgehead atoms. The molecule has 1 aromatic carbocycles. The van der Waals surface area contributed by atoms with Crippen molar-refractivity contribution in [1.29, 1.82) is 0 Å².